The van der Waals surface area contributed by atoms with Crippen LogP contribution < -0.4 is 4.90 Å². The Labute approximate surface area is 131 Å². The monoisotopic (exact) mass is 326 g/mol. The second kappa shape index (κ2) is 6.31. The fourth-order valence-corrected chi connectivity index (χ4v) is 2.42. The molecule has 1 aromatic carbocycles. The Hall–Kier alpha value is -2.51. The normalized spacial score (nSPS) is 18.9. The average Bonchev–Trinajstić information content (AvgIpc) is 2.89. The maximum atomic E-state index is 13.3. The lowest BCUT2D eigenvalue weighted by molar-refractivity contribution is -0.151. The van der Waals surface area contributed by atoms with Crippen molar-refractivity contribution >= 4 is 23.5 Å². The molecule has 0 radical (unpaired) electrons. The van der Waals surface area contributed by atoms with E-state index in [1.165, 1.54) is 24.9 Å². The highest BCUT2D eigenvalue weighted by Crippen LogP contribution is 2.27. The summed E-state index contributed by atoms with van der Waals surface area (Å²) in [6.07, 6.45) is 0.188. The second-order valence-electron chi connectivity index (χ2n) is 5.39. The summed E-state index contributed by atoms with van der Waals surface area (Å²) in [5.74, 6) is -5.45. The van der Waals surface area contributed by atoms with Gasteiger partial charge in [0.1, 0.15) is 12.0 Å². The van der Waals surface area contributed by atoms with Crippen LogP contribution >= 0.6 is 0 Å². The van der Waals surface area contributed by atoms with Gasteiger partial charge in [-0.2, -0.15) is 0 Å². The van der Waals surface area contributed by atoms with Crippen LogP contribution in [0.4, 0.5) is 14.5 Å². The molecule has 0 saturated carbocycles. The highest BCUT2D eigenvalue weighted by atomic mass is 19.2. The summed E-state index contributed by atoms with van der Waals surface area (Å²) < 4.78 is 26.2. The average molecular weight is 326 g/mol. The van der Waals surface area contributed by atoms with E-state index >= 15 is 0 Å². The van der Waals surface area contributed by atoms with Crippen molar-refractivity contribution in [2.75, 3.05) is 18.5 Å². The summed E-state index contributed by atoms with van der Waals surface area (Å²) in [4.78, 5) is 37.8. The van der Waals surface area contributed by atoms with Crippen molar-refractivity contribution in [3.8, 4) is 0 Å². The molecule has 2 rings (SSSR count). The Morgan fingerprint density at radius 2 is 2.00 bits per heavy atom. The third kappa shape index (κ3) is 3.15. The molecule has 1 heterocycles. The van der Waals surface area contributed by atoms with Crippen LogP contribution in [0.5, 0.6) is 0 Å². The lowest BCUT2D eigenvalue weighted by atomic mass is 10.1. The van der Waals surface area contributed by atoms with E-state index in [1.54, 1.807) is 0 Å². The number of likely N-dealkylation sites (N-methyl/N-ethyl adjacent to an activating group) is 1. The van der Waals surface area contributed by atoms with Gasteiger partial charge in [-0.25, -0.2) is 13.6 Å². The predicted octanol–water partition coefficient (Wildman–Crippen LogP) is 1.25. The summed E-state index contributed by atoms with van der Waals surface area (Å²) in [7, 11) is 1.31. The molecule has 8 heteroatoms. The maximum Gasteiger partial charge on any atom is 0.326 e. The van der Waals surface area contributed by atoms with E-state index in [0.29, 0.717) is 0 Å². The maximum absolute atomic E-state index is 13.3. The molecule has 0 unspecified atom stereocenters. The van der Waals surface area contributed by atoms with E-state index in [4.69, 9.17) is 5.11 Å². The number of halogens is 2. The Morgan fingerprint density at radius 1 is 1.35 bits per heavy atom. The zero-order valence-electron chi connectivity index (χ0n) is 12.6. The molecule has 0 spiro atoms. The van der Waals surface area contributed by atoms with Gasteiger partial charge in [0.05, 0.1) is 0 Å². The van der Waals surface area contributed by atoms with Gasteiger partial charge in [0.2, 0.25) is 11.8 Å². The highest BCUT2D eigenvalue weighted by molar-refractivity contribution is 6.10. The van der Waals surface area contributed by atoms with Gasteiger partial charge in [-0.05, 0) is 25.5 Å². The Balaban J connectivity index is 2.16. The zero-order valence-corrected chi connectivity index (χ0v) is 12.6. The number of rotatable bonds is 4. The Morgan fingerprint density at radius 3 is 2.57 bits per heavy atom. The number of benzene rings is 1. The zero-order chi connectivity index (χ0) is 17.3. The predicted molar refractivity (Wildman–Crippen MR) is 76.7 cm³/mol. The van der Waals surface area contributed by atoms with Gasteiger partial charge < -0.3 is 14.9 Å². The van der Waals surface area contributed by atoms with Gasteiger partial charge in [-0.15, -0.1) is 0 Å². The lowest BCUT2D eigenvalue weighted by Gasteiger charge is -2.24. The van der Waals surface area contributed by atoms with E-state index in [0.717, 1.165) is 17.0 Å². The summed E-state index contributed by atoms with van der Waals surface area (Å²) >= 11 is 0. The van der Waals surface area contributed by atoms with Crippen molar-refractivity contribution in [1.29, 1.82) is 0 Å². The number of anilines is 1. The molecule has 1 fully saturated rings. The summed E-state index contributed by atoms with van der Waals surface area (Å²) in [5, 5.41) is 8.93. The molecule has 6 nitrogen and oxygen atoms in total. The molecule has 2 amide bonds. The van der Waals surface area contributed by atoms with Crippen LogP contribution in [-0.4, -0.2) is 47.4 Å². The molecule has 0 aliphatic carbocycles. The van der Waals surface area contributed by atoms with E-state index in [9.17, 15) is 23.2 Å². The molecule has 1 aliphatic heterocycles. The first-order chi connectivity index (χ1) is 10.7. The van der Waals surface area contributed by atoms with Crippen molar-refractivity contribution in [1.82, 2.24) is 4.90 Å². The smallest absolute Gasteiger partial charge is 0.326 e. The number of carbonyl (C=O) groups excluding carboxylic acids is 2. The van der Waals surface area contributed by atoms with Crippen LogP contribution in [0.1, 0.15) is 13.3 Å². The molecule has 1 N–H and O–H groups in total. The largest absolute Gasteiger partial charge is 0.480 e. The Kier molecular flexibility index (Phi) is 4.63. The van der Waals surface area contributed by atoms with Gasteiger partial charge in [0.15, 0.2) is 11.6 Å². The standard InChI is InChI=1S/C15H16F2N2O4/c1-8(15(22)23)18(2)13(20)10-5-6-19(14(10)21)9-3-4-11(16)12(17)7-9/h3-4,7-8,10H,5-6H2,1-2H3,(H,22,23)/t8-,10+/m0/s1. The van der Waals surface area contributed by atoms with Crippen LogP contribution in [0.3, 0.4) is 0 Å². The molecule has 1 aromatic rings. The third-order valence-electron chi connectivity index (χ3n) is 4.00. The van der Waals surface area contributed by atoms with Crippen molar-refractivity contribution in [2.45, 2.75) is 19.4 Å². The van der Waals surface area contributed by atoms with Gasteiger partial charge >= 0.3 is 5.97 Å². The number of nitrogens with zero attached hydrogens (tertiary/aromatic N) is 2. The van der Waals surface area contributed by atoms with Crippen LogP contribution in [0, 0.1) is 17.6 Å². The van der Waals surface area contributed by atoms with Gasteiger partial charge in [0.25, 0.3) is 0 Å². The van der Waals surface area contributed by atoms with Gasteiger partial charge in [-0.3, -0.25) is 9.59 Å². The topological polar surface area (TPSA) is 77.9 Å². The van der Waals surface area contributed by atoms with E-state index in [-0.39, 0.29) is 18.7 Å². The number of aliphatic carboxylic acids is 1. The first kappa shape index (κ1) is 16.9. The van der Waals surface area contributed by atoms with Crippen molar-refractivity contribution in [3.63, 3.8) is 0 Å². The Bertz CT molecular complexity index is 665. The fourth-order valence-electron chi connectivity index (χ4n) is 2.42. The molecule has 0 aromatic heterocycles. The minimum atomic E-state index is -1.18. The molecule has 0 bridgehead atoms. The number of carbonyl (C=O) groups is 3. The second-order valence-corrected chi connectivity index (χ2v) is 5.39. The number of amides is 2. The van der Waals surface area contributed by atoms with Crippen LogP contribution in [0.2, 0.25) is 0 Å². The third-order valence-corrected chi connectivity index (χ3v) is 4.00. The van der Waals surface area contributed by atoms with E-state index in [2.05, 4.69) is 0 Å². The SMILES string of the molecule is C[C@@H](C(=O)O)N(C)C(=O)[C@H]1CCN(c2ccc(F)c(F)c2)C1=O. The van der Waals surface area contributed by atoms with E-state index < -0.39 is 41.4 Å². The first-order valence-corrected chi connectivity index (χ1v) is 7.00. The molecule has 124 valence electrons. The van der Waals surface area contributed by atoms with Crippen LogP contribution in [0.15, 0.2) is 18.2 Å². The summed E-state index contributed by atoms with van der Waals surface area (Å²) in [6, 6.07) is 2.00. The number of hydrogen-bond donors (Lipinski definition) is 1. The molecule has 2 atom stereocenters. The van der Waals surface area contributed by atoms with Crippen molar-refractivity contribution in [2.24, 2.45) is 5.92 Å². The number of carboxylic acid groups (broad SMARTS) is 1. The van der Waals surface area contributed by atoms with E-state index in [1.807, 2.05) is 0 Å². The lowest BCUT2D eigenvalue weighted by Crippen LogP contribution is -2.45. The van der Waals surface area contributed by atoms with Crippen molar-refractivity contribution in [3.05, 3.63) is 29.8 Å². The summed E-state index contributed by atoms with van der Waals surface area (Å²) in [6.45, 7) is 1.52. The van der Waals surface area contributed by atoms with Crippen LogP contribution in [-0.2, 0) is 14.4 Å². The first-order valence-electron chi connectivity index (χ1n) is 7.00. The minimum absolute atomic E-state index is 0.165. The number of hydrogen-bond acceptors (Lipinski definition) is 3. The minimum Gasteiger partial charge on any atom is -0.480 e. The molecule has 1 aliphatic rings. The summed E-state index contributed by atoms with van der Waals surface area (Å²) in [5.41, 5.74) is 0.165. The van der Waals surface area contributed by atoms with Crippen molar-refractivity contribution < 1.29 is 28.3 Å². The molecule has 23 heavy (non-hydrogen) atoms. The molecular formula is C15H16F2N2O4. The molecule has 1 saturated heterocycles. The molecular weight excluding hydrogens is 310 g/mol. The van der Waals surface area contributed by atoms with Crippen LogP contribution in [0.25, 0.3) is 0 Å². The van der Waals surface area contributed by atoms with Gasteiger partial charge in [-0.1, -0.05) is 0 Å². The quantitative estimate of drug-likeness (QED) is 0.845. The fraction of sp³-hybridized carbons (Fsp3) is 0.400. The number of carboxylic acids is 1. The highest BCUT2D eigenvalue weighted by Gasteiger charge is 2.40. The van der Waals surface area contributed by atoms with Gasteiger partial charge in [0, 0.05) is 25.3 Å².